The lowest BCUT2D eigenvalue weighted by Crippen LogP contribution is -2.55. The first-order valence-corrected chi connectivity index (χ1v) is 6.08. The zero-order chi connectivity index (χ0) is 12.8. The van der Waals surface area contributed by atoms with E-state index >= 15 is 0 Å². The maximum Gasteiger partial charge on any atom is 0.308 e. The molecular weight excluding hydrogens is 222 g/mol. The summed E-state index contributed by atoms with van der Waals surface area (Å²) in [5.41, 5.74) is 0. The second kappa shape index (κ2) is 6.93. The van der Waals surface area contributed by atoms with Crippen LogP contribution in [0.2, 0.25) is 0 Å². The summed E-state index contributed by atoms with van der Waals surface area (Å²) in [6.07, 6.45) is 1.73. The van der Waals surface area contributed by atoms with Gasteiger partial charge in [0.2, 0.25) is 0 Å². The highest BCUT2D eigenvalue weighted by molar-refractivity contribution is 5.72. The molecule has 5 nitrogen and oxygen atoms in total. The molecular formula is C12H23NO4. The molecule has 17 heavy (non-hydrogen) atoms. The van der Waals surface area contributed by atoms with Crippen molar-refractivity contribution in [1.29, 1.82) is 0 Å². The molecule has 0 aromatic rings. The Bertz CT molecular complexity index is 247. The van der Waals surface area contributed by atoms with Crippen LogP contribution in [0.1, 0.15) is 19.8 Å². The fourth-order valence-corrected chi connectivity index (χ4v) is 2.41. The molecule has 0 heterocycles. The zero-order valence-electron chi connectivity index (χ0n) is 10.9. The molecule has 0 spiro atoms. The number of nitrogens with zero attached hydrogens (tertiary/aromatic N) is 1. The van der Waals surface area contributed by atoms with Crippen LogP contribution >= 0.6 is 0 Å². The van der Waals surface area contributed by atoms with Gasteiger partial charge in [-0.3, -0.25) is 9.69 Å². The molecule has 0 amide bonds. The summed E-state index contributed by atoms with van der Waals surface area (Å²) < 4.78 is 10.2. The van der Waals surface area contributed by atoms with Crippen LogP contribution in [0, 0.1) is 5.92 Å². The van der Waals surface area contributed by atoms with Gasteiger partial charge in [-0.2, -0.15) is 0 Å². The smallest absolute Gasteiger partial charge is 0.308 e. The molecule has 1 rings (SSSR count). The highest BCUT2D eigenvalue weighted by Gasteiger charge is 2.41. The van der Waals surface area contributed by atoms with Gasteiger partial charge >= 0.3 is 5.97 Å². The Labute approximate surface area is 103 Å². The average Bonchev–Trinajstić information content (AvgIpc) is 2.21. The van der Waals surface area contributed by atoms with Crippen LogP contribution in [0.25, 0.3) is 0 Å². The molecule has 3 atom stereocenters. The summed E-state index contributed by atoms with van der Waals surface area (Å²) in [6, 6.07) is 0.357. The van der Waals surface area contributed by atoms with Gasteiger partial charge in [0.25, 0.3) is 0 Å². The predicted octanol–water partition coefficient (Wildman–Crippen LogP) is 0.833. The van der Waals surface area contributed by atoms with E-state index in [1.807, 2.05) is 0 Å². The van der Waals surface area contributed by atoms with Crippen LogP contribution in [0.4, 0.5) is 0 Å². The molecule has 1 aliphatic carbocycles. The lowest BCUT2D eigenvalue weighted by atomic mass is 9.78. The van der Waals surface area contributed by atoms with Gasteiger partial charge in [-0.15, -0.1) is 0 Å². The van der Waals surface area contributed by atoms with Crippen LogP contribution in [0.15, 0.2) is 0 Å². The van der Waals surface area contributed by atoms with Gasteiger partial charge in [0.1, 0.15) is 0 Å². The van der Waals surface area contributed by atoms with Crippen molar-refractivity contribution in [3.63, 3.8) is 0 Å². The molecule has 1 saturated carbocycles. The third-order valence-electron chi connectivity index (χ3n) is 3.51. The molecule has 0 bridgehead atoms. The van der Waals surface area contributed by atoms with Gasteiger partial charge < -0.3 is 14.6 Å². The molecule has 100 valence electrons. The van der Waals surface area contributed by atoms with Gasteiger partial charge in [0, 0.05) is 32.8 Å². The van der Waals surface area contributed by atoms with Crippen molar-refractivity contribution in [3.05, 3.63) is 0 Å². The summed E-state index contributed by atoms with van der Waals surface area (Å²) in [4.78, 5) is 13.3. The first-order chi connectivity index (χ1) is 8.11. The van der Waals surface area contributed by atoms with Crippen LogP contribution < -0.4 is 0 Å². The lowest BCUT2D eigenvalue weighted by molar-refractivity contribution is -0.150. The van der Waals surface area contributed by atoms with Crippen LogP contribution in [-0.4, -0.2) is 62.0 Å². The second-order valence-corrected chi connectivity index (χ2v) is 4.62. The van der Waals surface area contributed by atoms with Gasteiger partial charge in [-0.1, -0.05) is 0 Å². The van der Waals surface area contributed by atoms with Crippen LogP contribution in [0.3, 0.4) is 0 Å². The summed E-state index contributed by atoms with van der Waals surface area (Å²) in [5, 5.41) is 9.10. The Morgan fingerprint density at radius 1 is 1.41 bits per heavy atom. The number of carboxylic acid groups (broad SMARTS) is 1. The molecule has 0 aromatic carbocycles. The fraction of sp³-hybridized carbons (Fsp3) is 0.917. The van der Waals surface area contributed by atoms with Gasteiger partial charge in [-0.05, 0) is 19.8 Å². The zero-order valence-corrected chi connectivity index (χ0v) is 10.9. The summed E-state index contributed by atoms with van der Waals surface area (Å²) in [6.45, 7) is 4.06. The van der Waals surface area contributed by atoms with Crippen LogP contribution in [-0.2, 0) is 14.3 Å². The minimum absolute atomic E-state index is 0.132. The number of aliphatic carboxylic acids is 1. The summed E-state index contributed by atoms with van der Waals surface area (Å²) >= 11 is 0. The van der Waals surface area contributed by atoms with E-state index in [9.17, 15) is 4.79 Å². The topological polar surface area (TPSA) is 59.0 Å². The maximum absolute atomic E-state index is 11.1. The second-order valence-electron chi connectivity index (χ2n) is 4.62. The minimum atomic E-state index is -0.687. The Kier molecular flexibility index (Phi) is 5.88. The third kappa shape index (κ3) is 3.66. The quantitative estimate of drug-likeness (QED) is 0.686. The number of methoxy groups -OCH3 is 2. The molecule has 1 aliphatic rings. The first-order valence-electron chi connectivity index (χ1n) is 6.08. The van der Waals surface area contributed by atoms with E-state index in [1.54, 1.807) is 14.2 Å². The molecule has 0 aliphatic heterocycles. The highest BCUT2D eigenvalue weighted by Crippen LogP contribution is 2.33. The normalized spacial score (nSPS) is 25.6. The van der Waals surface area contributed by atoms with Crippen molar-refractivity contribution in [2.45, 2.75) is 31.8 Å². The van der Waals surface area contributed by atoms with Crippen molar-refractivity contribution in [2.24, 2.45) is 5.92 Å². The van der Waals surface area contributed by atoms with Crippen molar-refractivity contribution in [2.75, 3.05) is 34.0 Å². The Morgan fingerprint density at radius 2 is 2.12 bits per heavy atom. The summed E-state index contributed by atoms with van der Waals surface area (Å²) in [5.74, 6) is -0.917. The van der Waals surface area contributed by atoms with Crippen molar-refractivity contribution < 1.29 is 19.4 Å². The molecule has 1 N–H and O–H groups in total. The third-order valence-corrected chi connectivity index (χ3v) is 3.51. The van der Waals surface area contributed by atoms with E-state index < -0.39 is 5.97 Å². The monoisotopic (exact) mass is 245 g/mol. The molecule has 0 radical (unpaired) electrons. The highest BCUT2D eigenvalue weighted by atomic mass is 16.5. The van der Waals surface area contributed by atoms with E-state index in [-0.39, 0.29) is 18.0 Å². The van der Waals surface area contributed by atoms with Crippen LogP contribution in [0.5, 0.6) is 0 Å². The van der Waals surface area contributed by atoms with E-state index in [0.29, 0.717) is 13.2 Å². The number of hydrogen-bond acceptors (Lipinski definition) is 4. The predicted molar refractivity (Wildman–Crippen MR) is 64.1 cm³/mol. The van der Waals surface area contributed by atoms with E-state index in [1.165, 1.54) is 0 Å². The largest absolute Gasteiger partial charge is 0.481 e. The SMILES string of the molecule is COCCN(C(C)COC)C1CCC1C(=O)O. The number of carboxylic acids is 1. The molecule has 0 saturated heterocycles. The Balaban J connectivity index is 2.58. The van der Waals surface area contributed by atoms with Gasteiger partial charge in [0.15, 0.2) is 0 Å². The molecule has 0 aromatic heterocycles. The lowest BCUT2D eigenvalue weighted by Gasteiger charge is -2.45. The summed E-state index contributed by atoms with van der Waals surface area (Å²) in [7, 11) is 3.33. The van der Waals surface area contributed by atoms with E-state index in [0.717, 1.165) is 19.4 Å². The van der Waals surface area contributed by atoms with Crippen molar-refractivity contribution in [1.82, 2.24) is 4.90 Å². The molecule has 5 heteroatoms. The number of hydrogen-bond donors (Lipinski definition) is 1. The number of carbonyl (C=O) groups is 1. The molecule has 3 unspecified atom stereocenters. The first kappa shape index (κ1) is 14.4. The molecule has 1 fully saturated rings. The standard InChI is InChI=1S/C12H23NO4/c1-9(8-17-3)13(6-7-16-2)11-5-4-10(11)12(14)15/h9-11H,4-8H2,1-3H3,(H,14,15). The van der Waals surface area contributed by atoms with Crippen molar-refractivity contribution in [3.8, 4) is 0 Å². The van der Waals surface area contributed by atoms with E-state index in [4.69, 9.17) is 14.6 Å². The Morgan fingerprint density at radius 3 is 2.53 bits per heavy atom. The number of rotatable bonds is 8. The van der Waals surface area contributed by atoms with Gasteiger partial charge in [-0.25, -0.2) is 0 Å². The van der Waals surface area contributed by atoms with Gasteiger partial charge in [0.05, 0.1) is 19.1 Å². The Hall–Kier alpha value is -0.650. The number of ether oxygens (including phenoxy) is 2. The fourth-order valence-electron chi connectivity index (χ4n) is 2.41. The maximum atomic E-state index is 11.1. The minimum Gasteiger partial charge on any atom is -0.481 e. The van der Waals surface area contributed by atoms with E-state index in [2.05, 4.69) is 11.8 Å². The van der Waals surface area contributed by atoms with Crippen molar-refractivity contribution >= 4 is 5.97 Å². The average molecular weight is 245 g/mol.